The topological polar surface area (TPSA) is 54.9 Å². The number of hydrogen-bond acceptors (Lipinski definition) is 2. The molecule has 0 aliphatic rings. The van der Waals surface area contributed by atoms with Crippen LogP contribution in [0.1, 0.15) is 5.56 Å². The first-order valence-corrected chi connectivity index (χ1v) is 4.70. The van der Waals surface area contributed by atoms with Crippen LogP contribution in [-0.2, 0) is 28.9 Å². The third-order valence-corrected chi connectivity index (χ3v) is 2.16. The van der Waals surface area contributed by atoms with Gasteiger partial charge in [-0.2, -0.15) is 4.39 Å². The molecule has 0 unspecified atom stereocenters. The summed E-state index contributed by atoms with van der Waals surface area (Å²) < 4.78 is 14.1. The van der Waals surface area contributed by atoms with Crippen LogP contribution in [0.25, 0.3) is 0 Å². The maximum absolute atomic E-state index is 13.0. The fourth-order valence-electron chi connectivity index (χ4n) is 1.38. The van der Waals surface area contributed by atoms with Gasteiger partial charge in [0.25, 0.3) is 5.56 Å². The Kier molecular flexibility index (Phi) is 4.63. The molecule has 2 rings (SSSR count). The summed E-state index contributed by atoms with van der Waals surface area (Å²) in [5, 5.41) is 0. The van der Waals surface area contributed by atoms with Gasteiger partial charge in [0, 0.05) is 0 Å². The third kappa shape index (κ3) is 3.26. The second kappa shape index (κ2) is 5.77. The second-order valence-corrected chi connectivity index (χ2v) is 3.35. The number of H-pyrrole nitrogens is 1. The zero-order valence-corrected chi connectivity index (χ0v) is 10.1. The largest absolute Gasteiger partial charge is 1.00 e. The molecule has 4 nitrogen and oxygen atoms in total. The fraction of sp³-hybridized carbons (Fsp3) is 0.0909. The van der Waals surface area contributed by atoms with Crippen molar-refractivity contribution in [1.82, 2.24) is 9.55 Å². The van der Waals surface area contributed by atoms with Crippen molar-refractivity contribution in [2.24, 2.45) is 0 Å². The molecule has 0 atom stereocenters. The van der Waals surface area contributed by atoms with Crippen LogP contribution in [0.3, 0.4) is 0 Å². The number of aromatic nitrogens is 2. The summed E-state index contributed by atoms with van der Waals surface area (Å²) in [5.74, 6) is -0.962. The Bertz CT molecular complexity index is 607. The van der Waals surface area contributed by atoms with E-state index in [-0.39, 0.29) is 28.9 Å². The predicted molar refractivity (Wildman–Crippen MR) is 56.8 cm³/mol. The van der Waals surface area contributed by atoms with E-state index in [1.807, 2.05) is 35.3 Å². The number of halogens is 1. The molecule has 17 heavy (non-hydrogen) atoms. The maximum atomic E-state index is 13.0. The first-order valence-electron chi connectivity index (χ1n) is 4.70. The van der Waals surface area contributed by atoms with Gasteiger partial charge in [0.15, 0.2) is 0 Å². The van der Waals surface area contributed by atoms with Crippen LogP contribution in [0, 0.1) is 5.82 Å². The van der Waals surface area contributed by atoms with Gasteiger partial charge in [0.1, 0.15) is 0 Å². The molecule has 1 aromatic carbocycles. The second-order valence-electron chi connectivity index (χ2n) is 3.35. The van der Waals surface area contributed by atoms with Crippen LogP contribution in [0.15, 0.2) is 46.1 Å². The van der Waals surface area contributed by atoms with Gasteiger partial charge in [-0.15, -0.1) is 0 Å². The average Bonchev–Trinajstić information content (AvgIpc) is 2.27. The molecule has 0 saturated carbocycles. The average molecular weight is 328 g/mol. The molecule has 2 aromatic rings. The number of rotatable bonds is 2. The summed E-state index contributed by atoms with van der Waals surface area (Å²) in [7, 11) is 0. The summed E-state index contributed by atoms with van der Waals surface area (Å²) in [4.78, 5) is 24.0. The Balaban J connectivity index is 0.00000144. The monoisotopic (exact) mass is 327 g/mol. The van der Waals surface area contributed by atoms with Crippen molar-refractivity contribution < 1.29 is 26.8 Å². The van der Waals surface area contributed by atoms with Crippen LogP contribution in [-0.4, -0.2) is 9.55 Å². The molecule has 0 fully saturated rings. The third-order valence-electron chi connectivity index (χ3n) is 2.16. The molecule has 0 saturated heterocycles. The molecule has 6 heteroatoms. The van der Waals surface area contributed by atoms with Crippen molar-refractivity contribution >= 4 is 0 Å². The standard InChI is InChI=1S/C11H9FN2O2.Ag/c12-9-7-14(11(16)13-10(9)15)6-8-4-2-1-3-5-8;/h1-5,7H,6H2,(H,13,15,16);/q;+1. The summed E-state index contributed by atoms with van der Waals surface area (Å²) in [5.41, 5.74) is -0.749. The van der Waals surface area contributed by atoms with Crippen LogP contribution in [0.2, 0.25) is 0 Å². The molecule has 0 aliphatic heterocycles. The van der Waals surface area contributed by atoms with E-state index in [4.69, 9.17) is 0 Å². The van der Waals surface area contributed by atoms with Crippen LogP contribution in [0.4, 0.5) is 4.39 Å². The van der Waals surface area contributed by atoms with E-state index in [1.54, 1.807) is 0 Å². The maximum Gasteiger partial charge on any atom is 1.00 e. The van der Waals surface area contributed by atoms with Gasteiger partial charge in [-0.05, 0) is 5.56 Å². The number of benzene rings is 1. The van der Waals surface area contributed by atoms with Crippen LogP contribution >= 0.6 is 0 Å². The van der Waals surface area contributed by atoms with Crippen molar-refractivity contribution in [3.05, 3.63) is 68.7 Å². The quantitative estimate of drug-likeness (QED) is 0.826. The van der Waals surface area contributed by atoms with Gasteiger partial charge >= 0.3 is 28.1 Å². The number of hydrogen-bond donors (Lipinski definition) is 1. The summed E-state index contributed by atoms with van der Waals surface area (Å²) in [6.45, 7) is 0.230. The molecule has 1 heterocycles. The minimum Gasteiger partial charge on any atom is -0.293 e. The zero-order valence-electron chi connectivity index (χ0n) is 8.61. The zero-order chi connectivity index (χ0) is 11.5. The first kappa shape index (κ1) is 13.6. The van der Waals surface area contributed by atoms with E-state index < -0.39 is 17.1 Å². The molecule has 0 aliphatic carbocycles. The summed E-state index contributed by atoms with van der Waals surface area (Å²) >= 11 is 0. The molecule has 0 spiro atoms. The Morgan fingerprint density at radius 3 is 2.47 bits per heavy atom. The number of nitrogens with zero attached hydrogens (tertiary/aromatic N) is 1. The molecule has 0 amide bonds. The molecular formula is C11H9AgFN2O2+. The van der Waals surface area contributed by atoms with Crippen LogP contribution < -0.4 is 11.2 Å². The predicted octanol–water partition coefficient (Wildman–Crippen LogP) is 0.721. The molecule has 1 aromatic heterocycles. The summed E-state index contributed by atoms with van der Waals surface area (Å²) in [6.07, 6.45) is 0.911. The van der Waals surface area contributed by atoms with E-state index in [1.165, 1.54) is 0 Å². The first-order chi connectivity index (χ1) is 7.66. The summed E-state index contributed by atoms with van der Waals surface area (Å²) in [6, 6.07) is 9.12. The smallest absolute Gasteiger partial charge is 0.293 e. The Hall–Kier alpha value is -1.43. The normalized spacial score (nSPS) is 9.71. The van der Waals surface area contributed by atoms with Crippen molar-refractivity contribution in [2.75, 3.05) is 0 Å². The fourth-order valence-corrected chi connectivity index (χ4v) is 1.38. The van der Waals surface area contributed by atoms with Crippen LogP contribution in [0.5, 0.6) is 0 Å². The Morgan fingerprint density at radius 1 is 1.18 bits per heavy atom. The van der Waals surface area contributed by atoms with Gasteiger partial charge in [-0.3, -0.25) is 14.3 Å². The van der Waals surface area contributed by atoms with Crippen molar-refractivity contribution in [2.45, 2.75) is 6.54 Å². The number of nitrogens with one attached hydrogen (secondary N) is 1. The molecule has 92 valence electrons. The van der Waals surface area contributed by atoms with Crippen molar-refractivity contribution in [1.29, 1.82) is 0 Å². The van der Waals surface area contributed by atoms with Gasteiger partial charge < -0.3 is 0 Å². The van der Waals surface area contributed by atoms with E-state index in [0.717, 1.165) is 16.3 Å². The Labute approximate surface area is 112 Å². The molecule has 0 bridgehead atoms. The van der Waals surface area contributed by atoms with Crippen molar-refractivity contribution in [3.63, 3.8) is 0 Å². The van der Waals surface area contributed by atoms with E-state index in [0.29, 0.717) is 0 Å². The Morgan fingerprint density at radius 2 is 1.82 bits per heavy atom. The van der Waals surface area contributed by atoms with E-state index in [9.17, 15) is 14.0 Å². The van der Waals surface area contributed by atoms with Gasteiger partial charge in [0.05, 0.1) is 12.7 Å². The van der Waals surface area contributed by atoms with Gasteiger partial charge in [0.2, 0.25) is 5.82 Å². The number of aromatic amines is 1. The van der Waals surface area contributed by atoms with E-state index in [2.05, 4.69) is 0 Å². The van der Waals surface area contributed by atoms with Crippen molar-refractivity contribution in [3.8, 4) is 0 Å². The minimum absolute atomic E-state index is 0. The molecular weight excluding hydrogens is 319 g/mol. The SMILES string of the molecule is O=c1[nH]c(=O)n(Cc2ccccc2)cc1F.[Ag+]. The van der Waals surface area contributed by atoms with E-state index >= 15 is 0 Å². The molecule has 0 radical (unpaired) electrons. The van der Waals surface area contributed by atoms with Gasteiger partial charge in [-0.1, -0.05) is 30.3 Å². The van der Waals surface area contributed by atoms with Gasteiger partial charge in [-0.25, -0.2) is 4.79 Å². The molecule has 1 N–H and O–H groups in total. The minimum atomic E-state index is -0.991.